The number of carbonyl (C=O) groups excluding carboxylic acids is 1. The number of hydrogen-bond donors (Lipinski definition) is 1. The van der Waals surface area contributed by atoms with Gasteiger partial charge in [0, 0.05) is 26.1 Å². The highest BCUT2D eigenvalue weighted by Crippen LogP contribution is 2.20. The van der Waals surface area contributed by atoms with Gasteiger partial charge in [0.1, 0.15) is 0 Å². The molecule has 4 heteroatoms. The lowest BCUT2D eigenvalue weighted by atomic mass is 10.00. The molecule has 2 saturated heterocycles. The summed E-state index contributed by atoms with van der Waals surface area (Å²) in [5, 5.41) is 2.88. The Bertz CT molecular complexity index is 256. The van der Waals surface area contributed by atoms with Gasteiger partial charge < -0.3 is 15.1 Å². The van der Waals surface area contributed by atoms with Crippen molar-refractivity contribution >= 4 is 5.91 Å². The fourth-order valence-corrected chi connectivity index (χ4v) is 3.18. The van der Waals surface area contributed by atoms with Crippen LogP contribution in [-0.4, -0.2) is 61.0 Å². The second-order valence-corrected chi connectivity index (χ2v) is 5.65. The van der Waals surface area contributed by atoms with Crippen molar-refractivity contribution in [3.63, 3.8) is 0 Å². The summed E-state index contributed by atoms with van der Waals surface area (Å²) < 4.78 is 0. The zero-order valence-corrected chi connectivity index (χ0v) is 11.7. The summed E-state index contributed by atoms with van der Waals surface area (Å²) in [5.74, 6) is 0.0817. The highest BCUT2D eigenvalue weighted by Gasteiger charge is 2.25. The lowest BCUT2D eigenvalue weighted by Gasteiger charge is -2.40. The summed E-state index contributed by atoms with van der Waals surface area (Å²) in [5.41, 5.74) is 0. The molecule has 2 aliphatic heterocycles. The Labute approximate surface area is 111 Å². The first-order valence-corrected chi connectivity index (χ1v) is 7.46. The number of likely N-dealkylation sites (tertiary alicyclic amines) is 2. The zero-order chi connectivity index (χ0) is 12.8. The van der Waals surface area contributed by atoms with Crippen LogP contribution in [0.1, 0.15) is 39.0 Å². The standard InChI is InChI=1S/C14H27N3O/c1-13(18)15-7-12-16-10-5-14(6-11-16)17-8-3-2-4-9-17/h14H,2-12H2,1H3,(H,15,18). The molecule has 2 aliphatic rings. The smallest absolute Gasteiger partial charge is 0.216 e. The second kappa shape index (κ2) is 7.10. The predicted molar refractivity (Wildman–Crippen MR) is 73.6 cm³/mol. The molecule has 104 valence electrons. The van der Waals surface area contributed by atoms with Crippen molar-refractivity contribution in [1.82, 2.24) is 15.1 Å². The van der Waals surface area contributed by atoms with Crippen LogP contribution >= 0.6 is 0 Å². The molecule has 2 fully saturated rings. The molecule has 0 aromatic rings. The normalized spacial score (nSPS) is 24.1. The molecule has 18 heavy (non-hydrogen) atoms. The van der Waals surface area contributed by atoms with Gasteiger partial charge in [-0.2, -0.15) is 0 Å². The van der Waals surface area contributed by atoms with Crippen LogP contribution in [0.25, 0.3) is 0 Å². The minimum Gasteiger partial charge on any atom is -0.355 e. The molecule has 1 N–H and O–H groups in total. The number of rotatable bonds is 4. The van der Waals surface area contributed by atoms with Crippen molar-refractivity contribution in [3.05, 3.63) is 0 Å². The number of nitrogens with one attached hydrogen (secondary N) is 1. The maximum Gasteiger partial charge on any atom is 0.216 e. The van der Waals surface area contributed by atoms with Gasteiger partial charge in [0.15, 0.2) is 0 Å². The lowest BCUT2D eigenvalue weighted by Crippen LogP contribution is -2.47. The van der Waals surface area contributed by atoms with Crippen molar-refractivity contribution in [1.29, 1.82) is 0 Å². The maximum absolute atomic E-state index is 10.8. The van der Waals surface area contributed by atoms with E-state index in [9.17, 15) is 4.79 Å². The molecular formula is C14H27N3O. The molecule has 0 aromatic heterocycles. The number of amides is 1. The van der Waals surface area contributed by atoms with E-state index < -0.39 is 0 Å². The van der Waals surface area contributed by atoms with Gasteiger partial charge in [-0.15, -0.1) is 0 Å². The summed E-state index contributed by atoms with van der Waals surface area (Å²) in [4.78, 5) is 16.0. The summed E-state index contributed by atoms with van der Waals surface area (Å²) in [6, 6.07) is 0.822. The summed E-state index contributed by atoms with van der Waals surface area (Å²) in [6.07, 6.45) is 6.82. The molecule has 0 aliphatic carbocycles. The number of hydrogen-bond acceptors (Lipinski definition) is 3. The first-order valence-electron chi connectivity index (χ1n) is 7.46. The third-order valence-electron chi connectivity index (χ3n) is 4.27. The first kappa shape index (κ1) is 13.8. The lowest BCUT2D eigenvalue weighted by molar-refractivity contribution is -0.119. The van der Waals surface area contributed by atoms with E-state index in [0.717, 1.165) is 19.1 Å². The van der Waals surface area contributed by atoms with Crippen molar-refractivity contribution in [2.24, 2.45) is 0 Å². The predicted octanol–water partition coefficient (Wildman–Crippen LogP) is 1.07. The van der Waals surface area contributed by atoms with Crippen molar-refractivity contribution in [2.45, 2.75) is 45.1 Å². The first-order chi connectivity index (χ1) is 8.75. The number of carbonyl (C=O) groups is 1. The van der Waals surface area contributed by atoms with E-state index >= 15 is 0 Å². The maximum atomic E-state index is 10.8. The minimum atomic E-state index is 0.0817. The van der Waals surface area contributed by atoms with Crippen LogP contribution in [0.2, 0.25) is 0 Å². The van der Waals surface area contributed by atoms with Crippen LogP contribution in [-0.2, 0) is 4.79 Å². The molecule has 0 unspecified atom stereocenters. The van der Waals surface area contributed by atoms with E-state index in [1.807, 2.05) is 0 Å². The van der Waals surface area contributed by atoms with Crippen molar-refractivity contribution in [2.75, 3.05) is 39.3 Å². The van der Waals surface area contributed by atoms with E-state index in [4.69, 9.17) is 0 Å². The molecule has 0 bridgehead atoms. The van der Waals surface area contributed by atoms with Gasteiger partial charge in [-0.1, -0.05) is 6.42 Å². The van der Waals surface area contributed by atoms with Crippen LogP contribution in [0.5, 0.6) is 0 Å². The van der Waals surface area contributed by atoms with Gasteiger partial charge in [0.05, 0.1) is 0 Å². The van der Waals surface area contributed by atoms with Gasteiger partial charge >= 0.3 is 0 Å². The highest BCUT2D eigenvalue weighted by molar-refractivity contribution is 5.72. The van der Waals surface area contributed by atoms with Crippen LogP contribution in [0.3, 0.4) is 0 Å². The Morgan fingerprint density at radius 2 is 1.78 bits per heavy atom. The van der Waals surface area contributed by atoms with Crippen LogP contribution < -0.4 is 5.32 Å². The Balaban J connectivity index is 1.63. The molecule has 2 rings (SSSR count). The highest BCUT2D eigenvalue weighted by atomic mass is 16.1. The Morgan fingerprint density at radius 3 is 2.39 bits per heavy atom. The SMILES string of the molecule is CC(=O)NCCN1CCC(N2CCCCC2)CC1. The number of piperidine rings is 2. The zero-order valence-electron chi connectivity index (χ0n) is 11.7. The van der Waals surface area contributed by atoms with Gasteiger partial charge in [-0.05, 0) is 51.9 Å². The van der Waals surface area contributed by atoms with E-state index in [1.54, 1.807) is 6.92 Å². The molecule has 0 saturated carbocycles. The molecule has 4 nitrogen and oxygen atoms in total. The summed E-state index contributed by atoms with van der Waals surface area (Å²) in [6.45, 7) is 8.41. The minimum absolute atomic E-state index is 0.0817. The van der Waals surface area contributed by atoms with Gasteiger partial charge in [0.25, 0.3) is 0 Å². The topological polar surface area (TPSA) is 35.6 Å². The molecule has 0 spiro atoms. The quantitative estimate of drug-likeness (QED) is 0.814. The van der Waals surface area contributed by atoms with Crippen molar-refractivity contribution < 1.29 is 4.79 Å². The van der Waals surface area contributed by atoms with Crippen molar-refractivity contribution in [3.8, 4) is 0 Å². The van der Waals surface area contributed by atoms with Crippen LogP contribution in [0.4, 0.5) is 0 Å². The Hall–Kier alpha value is -0.610. The molecule has 2 heterocycles. The largest absolute Gasteiger partial charge is 0.355 e. The Morgan fingerprint density at radius 1 is 1.11 bits per heavy atom. The average Bonchev–Trinajstić information content (AvgIpc) is 2.40. The fraction of sp³-hybridized carbons (Fsp3) is 0.929. The monoisotopic (exact) mass is 253 g/mol. The van der Waals surface area contributed by atoms with E-state index in [1.165, 1.54) is 58.3 Å². The average molecular weight is 253 g/mol. The summed E-state index contributed by atoms with van der Waals surface area (Å²) in [7, 11) is 0. The van der Waals surface area contributed by atoms with Gasteiger partial charge in [-0.25, -0.2) is 0 Å². The van der Waals surface area contributed by atoms with Gasteiger partial charge in [-0.3, -0.25) is 4.79 Å². The fourth-order valence-electron chi connectivity index (χ4n) is 3.18. The molecule has 0 aromatic carbocycles. The third kappa shape index (κ3) is 4.25. The molecular weight excluding hydrogens is 226 g/mol. The molecule has 1 amide bonds. The number of nitrogens with zero attached hydrogens (tertiary/aromatic N) is 2. The molecule has 0 atom stereocenters. The van der Waals surface area contributed by atoms with Crippen LogP contribution in [0, 0.1) is 0 Å². The Kier molecular flexibility index (Phi) is 5.45. The third-order valence-corrected chi connectivity index (χ3v) is 4.27. The van der Waals surface area contributed by atoms with E-state index in [2.05, 4.69) is 15.1 Å². The second-order valence-electron chi connectivity index (χ2n) is 5.65. The van der Waals surface area contributed by atoms with Crippen LogP contribution in [0.15, 0.2) is 0 Å². The summed E-state index contributed by atoms with van der Waals surface area (Å²) >= 11 is 0. The van der Waals surface area contributed by atoms with E-state index in [-0.39, 0.29) is 5.91 Å². The van der Waals surface area contributed by atoms with Gasteiger partial charge in [0.2, 0.25) is 5.91 Å². The van der Waals surface area contributed by atoms with E-state index in [0.29, 0.717) is 0 Å². The molecule has 0 radical (unpaired) electrons.